The minimum absolute atomic E-state index is 0.114. The first-order valence-electron chi connectivity index (χ1n) is 6.39. The van der Waals surface area contributed by atoms with Crippen LogP contribution in [0.4, 0.5) is 4.39 Å². The van der Waals surface area contributed by atoms with Crippen LogP contribution in [0.15, 0.2) is 24.3 Å². The molecule has 1 atom stereocenters. The number of methoxy groups -OCH3 is 1. The fourth-order valence-electron chi connectivity index (χ4n) is 1.81. The summed E-state index contributed by atoms with van der Waals surface area (Å²) in [7, 11) is 1.64. The molecule has 1 aliphatic rings. The van der Waals surface area contributed by atoms with Gasteiger partial charge in [0.05, 0.1) is 19.3 Å². The molecule has 1 aromatic rings. The summed E-state index contributed by atoms with van der Waals surface area (Å²) in [5, 5.41) is 3.41. The predicted molar refractivity (Wildman–Crippen MR) is 68.0 cm³/mol. The number of hydrogen-bond donors (Lipinski definition) is 1. The van der Waals surface area contributed by atoms with E-state index in [0.29, 0.717) is 19.3 Å². The quantitative estimate of drug-likeness (QED) is 0.721. The molecule has 1 aromatic carbocycles. The summed E-state index contributed by atoms with van der Waals surface area (Å²) in [6.07, 6.45) is 2.35. The second-order valence-electron chi connectivity index (χ2n) is 4.59. The van der Waals surface area contributed by atoms with Gasteiger partial charge in [0.1, 0.15) is 5.82 Å². The molecule has 3 nitrogen and oxygen atoms in total. The highest BCUT2D eigenvalue weighted by Crippen LogP contribution is 2.22. The Labute approximate surface area is 107 Å². The van der Waals surface area contributed by atoms with E-state index in [-0.39, 0.29) is 11.9 Å². The van der Waals surface area contributed by atoms with Crippen molar-refractivity contribution in [1.82, 2.24) is 5.32 Å². The summed E-state index contributed by atoms with van der Waals surface area (Å²) in [6.45, 7) is 1.79. The van der Waals surface area contributed by atoms with E-state index in [4.69, 9.17) is 9.47 Å². The van der Waals surface area contributed by atoms with Crippen LogP contribution >= 0.6 is 0 Å². The lowest BCUT2D eigenvalue weighted by Crippen LogP contribution is -2.26. The van der Waals surface area contributed by atoms with Crippen LogP contribution < -0.4 is 5.32 Å². The summed E-state index contributed by atoms with van der Waals surface area (Å²) in [5.74, 6) is -0.223. The minimum Gasteiger partial charge on any atom is -0.382 e. The normalized spacial score (nSPS) is 16.8. The van der Waals surface area contributed by atoms with Gasteiger partial charge in [0.2, 0.25) is 0 Å². The molecule has 4 heteroatoms. The van der Waals surface area contributed by atoms with Crippen molar-refractivity contribution in [3.05, 3.63) is 35.6 Å². The second-order valence-corrected chi connectivity index (χ2v) is 4.59. The summed E-state index contributed by atoms with van der Waals surface area (Å²) in [4.78, 5) is 0. The molecule has 0 heterocycles. The van der Waals surface area contributed by atoms with Crippen molar-refractivity contribution in [2.45, 2.75) is 25.0 Å². The van der Waals surface area contributed by atoms with Gasteiger partial charge in [0.25, 0.3) is 0 Å². The van der Waals surface area contributed by atoms with E-state index in [2.05, 4.69) is 5.32 Å². The third-order valence-electron chi connectivity index (χ3n) is 3.00. The van der Waals surface area contributed by atoms with Crippen molar-refractivity contribution < 1.29 is 13.9 Å². The molecule has 1 fully saturated rings. The number of benzene rings is 1. The fraction of sp³-hybridized carbons (Fsp3) is 0.571. The van der Waals surface area contributed by atoms with Gasteiger partial charge < -0.3 is 14.8 Å². The fourth-order valence-corrected chi connectivity index (χ4v) is 1.81. The van der Waals surface area contributed by atoms with E-state index in [9.17, 15) is 4.39 Å². The molecular weight excluding hydrogens is 233 g/mol. The lowest BCUT2D eigenvalue weighted by Gasteiger charge is -2.19. The number of nitrogens with one attached hydrogen (secondary N) is 1. The monoisotopic (exact) mass is 253 g/mol. The average molecular weight is 253 g/mol. The lowest BCUT2D eigenvalue weighted by atomic mass is 10.1. The average Bonchev–Trinajstić information content (AvgIpc) is 3.17. The molecule has 2 rings (SSSR count). The zero-order chi connectivity index (χ0) is 12.8. The first kappa shape index (κ1) is 13.5. The van der Waals surface area contributed by atoms with Crippen molar-refractivity contribution in [2.24, 2.45) is 0 Å². The molecule has 0 aromatic heterocycles. The summed E-state index contributed by atoms with van der Waals surface area (Å²) in [5.41, 5.74) is 0.874. The van der Waals surface area contributed by atoms with Crippen LogP contribution in [0.3, 0.4) is 0 Å². The molecule has 0 bridgehead atoms. The zero-order valence-corrected chi connectivity index (χ0v) is 10.7. The van der Waals surface area contributed by atoms with Gasteiger partial charge in [-0.3, -0.25) is 0 Å². The molecule has 0 aliphatic heterocycles. The van der Waals surface area contributed by atoms with E-state index in [1.807, 2.05) is 6.07 Å². The van der Waals surface area contributed by atoms with Gasteiger partial charge >= 0.3 is 0 Å². The summed E-state index contributed by atoms with van der Waals surface area (Å²) in [6, 6.07) is 7.21. The standard InChI is InChI=1S/C14H20FNO2/c1-17-7-8-18-14(10-16-13-5-6-13)11-3-2-4-12(15)9-11/h2-4,9,13-14,16H,5-8,10H2,1H3. The SMILES string of the molecule is COCCOC(CNC1CC1)c1cccc(F)c1. The summed E-state index contributed by atoms with van der Waals surface area (Å²) < 4.78 is 23.9. The van der Waals surface area contributed by atoms with Gasteiger partial charge in [-0.1, -0.05) is 12.1 Å². The van der Waals surface area contributed by atoms with E-state index < -0.39 is 0 Å². The zero-order valence-electron chi connectivity index (χ0n) is 10.7. The Morgan fingerprint density at radius 3 is 2.89 bits per heavy atom. The van der Waals surface area contributed by atoms with Gasteiger partial charge in [0.15, 0.2) is 0 Å². The van der Waals surface area contributed by atoms with E-state index in [1.165, 1.54) is 25.0 Å². The maximum Gasteiger partial charge on any atom is 0.123 e. The van der Waals surface area contributed by atoms with E-state index in [0.717, 1.165) is 12.1 Å². The topological polar surface area (TPSA) is 30.5 Å². The number of rotatable bonds is 8. The van der Waals surface area contributed by atoms with Crippen molar-refractivity contribution >= 4 is 0 Å². The molecule has 0 radical (unpaired) electrons. The Hall–Kier alpha value is -0.970. The number of halogens is 1. The molecule has 18 heavy (non-hydrogen) atoms. The molecule has 1 saturated carbocycles. The summed E-state index contributed by atoms with van der Waals surface area (Å²) >= 11 is 0. The second kappa shape index (κ2) is 6.83. The molecule has 1 unspecified atom stereocenters. The first-order valence-corrected chi connectivity index (χ1v) is 6.39. The molecule has 0 saturated heterocycles. The highest BCUT2D eigenvalue weighted by atomic mass is 19.1. The Morgan fingerprint density at radius 2 is 2.22 bits per heavy atom. The van der Waals surface area contributed by atoms with Gasteiger partial charge in [-0.15, -0.1) is 0 Å². The van der Waals surface area contributed by atoms with Crippen LogP contribution in [-0.4, -0.2) is 32.9 Å². The maximum atomic E-state index is 13.2. The van der Waals surface area contributed by atoms with Gasteiger partial charge in [-0.25, -0.2) is 4.39 Å². The van der Waals surface area contributed by atoms with Crippen LogP contribution in [0.25, 0.3) is 0 Å². The largest absolute Gasteiger partial charge is 0.382 e. The predicted octanol–water partition coefficient (Wildman–Crippen LogP) is 2.28. The van der Waals surface area contributed by atoms with Gasteiger partial charge in [-0.2, -0.15) is 0 Å². The first-order chi connectivity index (χ1) is 8.79. The lowest BCUT2D eigenvalue weighted by molar-refractivity contribution is 0.0163. The van der Waals surface area contributed by atoms with Crippen LogP contribution in [-0.2, 0) is 9.47 Å². The van der Waals surface area contributed by atoms with E-state index >= 15 is 0 Å². The highest BCUT2D eigenvalue weighted by molar-refractivity contribution is 5.19. The highest BCUT2D eigenvalue weighted by Gasteiger charge is 2.22. The van der Waals surface area contributed by atoms with Crippen LogP contribution in [0, 0.1) is 5.82 Å². The van der Waals surface area contributed by atoms with Crippen molar-refractivity contribution in [1.29, 1.82) is 0 Å². The molecule has 1 N–H and O–H groups in total. The van der Waals surface area contributed by atoms with Crippen molar-refractivity contribution in [3.8, 4) is 0 Å². The van der Waals surface area contributed by atoms with Gasteiger partial charge in [-0.05, 0) is 30.5 Å². The number of hydrogen-bond acceptors (Lipinski definition) is 3. The third kappa shape index (κ3) is 4.37. The third-order valence-corrected chi connectivity index (χ3v) is 3.00. The van der Waals surface area contributed by atoms with Gasteiger partial charge in [0, 0.05) is 19.7 Å². The molecule has 1 aliphatic carbocycles. The van der Waals surface area contributed by atoms with Crippen molar-refractivity contribution in [3.63, 3.8) is 0 Å². The smallest absolute Gasteiger partial charge is 0.123 e. The van der Waals surface area contributed by atoms with Crippen LogP contribution in [0.5, 0.6) is 0 Å². The molecule has 0 amide bonds. The minimum atomic E-state index is -0.223. The Kier molecular flexibility index (Phi) is 5.11. The Morgan fingerprint density at radius 1 is 1.39 bits per heavy atom. The van der Waals surface area contributed by atoms with Crippen LogP contribution in [0.2, 0.25) is 0 Å². The van der Waals surface area contributed by atoms with Crippen molar-refractivity contribution in [2.75, 3.05) is 26.9 Å². The Balaban J connectivity index is 1.92. The van der Waals surface area contributed by atoms with Crippen LogP contribution in [0.1, 0.15) is 24.5 Å². The number of ether oxygens (including phenoxy) is 2. The van der Waals surface area contributed by atoms with E-state index in [1.54, 1.807) is 13.2 Å². The molecule has 0 spiro atoms. The Bertz CT molecular complexity index is 369. The molecular formula is C14H20FNO2. The molecule has 100 valence electrons. The maximum absolute atomic E-state index is 13.2.